The molecule has 3 aromatic heterocycles. The minimum absolute atomic E-state index is 0.0765. The number of hydrogen-bond donors (Lipinski definition) is 1. The van der Waals surface area contributed by atoms with Crippen molar-refractivity contribution >= 4 is 22.6 Å². The van der Waals surface area contributed by atoms with Crippen molar-refractivity contribution in [1.29, 1.82) is 0 Å². The van der Waals surface area contributed by atoms with Crippen LogP contribution in [0.3, 0.4) is 0 Å². The van der Waals surface area contributed by atoms with Crippen molar-refractivity contribution < 1.29 is 9.53 Å². The van der Waals surface area contributed by atoms with E-state index in [0.717, 1.165) is 25.0 Å². The molecule has 1 aliphatic rings. The van der Waals surface area contributed by atoms with Gasteiger partial charge in [-0.2, -0.15) is 0 Å². The van der Waals surface area contributed by atoms with Crippen molar-refractivity contribution in [2.45, 2.75) is 25.9 Å². The smallest absolute Gasteiger partial charge is 0.268 e. The van der Waals surface area contributed by atoms with E-state index in [0.29, 0.717) is 28.9 Å². The molecular weight excluding hydrogens is 320 g/mol. The zero-order valence-electron chi connectivity index (χ0n) is 14.3. The number of amides is 1. The minimum Gasteiger partial charge on any atom is -0.376 e. The Labute approximate surface area is 144 Å². The lowest BCUT2D eigenvalue weighted by atomic mass is 10.2. The Morgan fingerprint density at radius 3 is 3.04 bits per heavy atom. The molecule has 1 N–H and O–H groups in total. The number of nitrogens with zero attached hydrogens (tertiary/aromatic N) is 3. The first-order valence-electron chi connectivity index (χ1n) is 8.43. The van der Waals surface area contributed by atoms with Gasteiger partial charge in [0.15, 0.2) is 0 Å². The van der Waals surface area contributed by atoms with Gasteiger partial charge >= 0.3 is 0 Å². The Bertz CT molecular complexity index is 1030. The quantitative estimate of drug-likeness (QED) is 0.782. The molecule has 3 aromatic rings. The molecule has 0 radical (unpaired) electrons. The van der Waals surface area contributed by atoms with Crippen molar-refractivity contribution in [2.24, 2.45) is 7.05 Å². The van der Waals surface area contributed by atoms with Crippen LogP contribution in [0.1, 0.15) is 28.9 Å². The number of pyridine rings is 1. The molecule has 130 valence electrons. The SMILES string of the molecule is Cc1cccn2c(=O)c3cc(C(=O)NCC4CCCO4)n(C)c3nc12. The summed E-state index contributed by atoms with van der Waals surface area (Å²) < 4.78 is 8.72. The highest BCUT2D eigenvalue weighted by atomic mass is 16.5. The predicted molar refractivity (Wildman–Crippen MR) is 94.0 cm³/mol. The molecule has 7 heteroatoms. The molecule has 0 spiro atoms. The van der Waals surface area contributed by atoms with Crippen LogP contribution in [-0.4, -0.2) is 39.1 Å². The summed E-state index contributed by atoms with van der Waals surface area (Å²) in [7, 11) is 1.75. The summed E-state index contributed by atoms with van der Waals surface area (Å²) in [5, 5.41) is 3.33. The highest BCUT2D eigenvalue weighted by molar-refractivity contribution is 5.98. The van der Waals surface area contributed by atoms with Crippen LogP contribution in [-0.2, 0) is 11.8 Å². The minimum atomic E-state index is -0.221. The number of ether oxygens (including phenoxy) is 1. The summed E-state index contributed by atoms with van der Waals surface area (Å²) in [4.78, 5) is 29.9. The molecule has 0 saturated carbocycles. The molecule has 1 fully saturated rings. The first kappa shape index (κ1) is 15.8. The van der Waals surface area contributed by atoms with Gasteiger partial charge in [0.2, 0.25) is 0 Å². The maximum atomic E-state index is 12.8. The highest BCUT2D eigenvalue weighted by Gasteiger charge is 2.20. The Morgan fingerprint density at radius 2 is 2.28 bits per heavy atom. The average Bonchev–Trinajstić information content (AvgIpc) is 3.23. The van der Waals surface area contributed by atoms with Crippen molar-refractivity contribution in [3.05, 3.63) is 46.0 Å². The molecule has 1 aliphatic heterocycles. The molecule has 1 saturated heterocycles. The van der Waals surface area contributed by atoms with Crippen LogP contribution in [0, 0.1) is 6.92 Å². The third-order valence-electron chi connectivity index (χ3n) is 4.77. The maximum absolute atomic E-state index is 12.8. The summed E-state index contributed by atoms with van der Waals surface area (Å²) in [5.74, 6) is -0.221. The fourth-order valence-corrected chi connectivity index (χ4v) is 3.35. The van der Waals surface area contributed by atoms with Crippen molar-refractivity contribution in [1.82, 2.24) is 19.3 Å². The van der Waals surface area contributed by atoms with Crippen LogP contribution < -0.4 is 10.9 Å². The fourth-order valence-electron chi connectivity index (χ4n) is 3.35. The van der Waals surface area contributed by atoms with Crippen LogP contribution >= 0.6 is 0 Å². The zero-order chi connectivity index (χ0) is 17.6. The van der Waals surface area contributed by atoms with Gasteiger partial charge in [-0.15, -0.1) is 0 Å². The summed E-state index contributed by atoms with van der Waals surface area (Å²) in [6.07, 6.45) is 3.76. The van der Waals surface area contributed by atoms with Crippen LogP contribution in [0.25, 0.3) is 16.7 Å². The molecule has 1 atom stereocenters. The standard InChI is InChI=1S/C18H20N4O3/c1-11-5-3-7-22-15(11)20-16-13(18(22)24)9-14(21(16)2)17(23)19-10-12-6-4-8-25-12/h3,5,7,9,12H,4,6,8,10H2,1-2H3,(H,19,23). The zero-order valence-corrected chi connectivity index (χ0v) is 14.3. The third-order valence-corrected chi connectivity index (χ3v) is 4.77. The van der Waals surface area contributed by atoms with Crippen LogP contribution in [0.2, 0.25) is 0 Å². The molecule has 1 unspecified atom stereocenters. The lowest BCUT2D eigenvalue weighted by Gasteiger charge is -2.11. The molecule has 4 heterocycles. The average molecular weight is 340 g/mol. The van der Waals surface area contributed by atoms with Gasteiger partial charge in [0.25, 0.3) is 11.5 Å². The Kier molecular flexibility index (Phi) is 3.80. The molecule has 0 aliphatic carbocycles. The van der Waals surface area contributed by atoms with E-state index >= 15 is 0 Å². The van der Waals surface area contributed by atoms with E-state index in [9.17, 15) is 9.59 Å². The van der Waals surface area contributed by atoms with Crippen LogP contribution in [0.5, 0.6) is 0 Å². The van der Waals surface area contributed by atoms with Gasteiger partial charge in [0.05, 0.1) is 11.5 Å². The first-order valence-corrected chi connectivity index (χ1v) is 8.43. The molecule has 4 rings (SSSR count). The largest absolute Gasteiger partial charge is 0.376 e. The molecular formula is C18H20N4O3. The first-order chi connectivity index (χ1) is 12.1. The number of aromatic nitrogens is 3. The predicted octanol–water partition coefficient (Wildman–Crippen LogP) is 1.40. The second-order valence-electron chi connectivity index (χ2n) is 6.47. The summed E-state index contributed by atoms with van der Waals surface area (Å²) in [6, 6.07) is 5.34. The lowest BCUT2D eigenvalue weighted by molar-refractivity contribution is 0.0851. The van der Waals surface area contributed by atoms with Crippen LogP contribution in [0.4, 0.5) is 0 Å². The third kappa shape index (κ3) is 2.60. The summed E-state index contributed by atoms with van der Waals surface area (Å²) in [5.41, 5.74) is 2.28. The second kappa shape index (κ2) is 6.00. The van der Waals surface area contributed by atoms with E-state index in [2.05, 4.69) is 10.3 Å². The Morgan fingerprint density at radius 1 is 1.44 bits per heavy atom. The molecule has 1 amide bonds. The molecule has 0 aromatic carbocycles. The monoisotopic (exact) mass is 340 g/mol. The Balaban J connectivity index is 1.75. The molecule has 7 nitrogen and oxygen atoms in total. The summed E-state index contributed by atoms with van der Waals surface area (Å²) in [6.45, 7) is 3.14. The number of nitrogens with one attached hydrogen (secondary N) is 1. The number of fused-ring (bicyclic) bond motifs is 2. The van der Waals surface area contributed by atoms with E-state index < -0.39 is 0 Å². The maximum Gasteiger partial charge on any atom is 0.268 e. The topological polar surface area (TPSA) is 77.6 Å². The normalized spacial score (nSPS) is 17.4. The second-order valence-corrected chi connectivity index (χ2v) is 6.47. The van der Waals surface area contributed by atoms with Crippen molar-refractivity contribution in [2.75, 3.05) is 13.2 Å². The van der Waals surface area contributed by atoms with E-state index in [1.165, 1.54) is 4.40 Å². The summed E-state index contributed by atoms with van der Waals surface area (Å²) >= 11 is 0. The van der Waals surface area contributed by atoms with Gasteiger partial charge < -0.3 is 14.6 Å². The number of carbonyl (C=O) groups is 1. The van der Waals surface area contributed by atoms with Gasteiger partial charge in [-0.25, -0.2) is 4.98 Å². The van der Waals surface area contributed by atoms with E-state index in [4.69, 9.17) is 4.74 Å². The highest BCUT2D eigenvalue weighted by Crippen LogP contribution is 2.17. The van der Waals surface area contributed by atoms with Gasteiger partial charge in [-0.05, 0) is 37.5 Å². The van der Waals surface area contributed by atoms with Gasteiger partial charge in [-0.1, -0.05) is 6.07 Å². The van der Waals surface area contributed by atoms with E-state index in [-0.39, 0.29) is 17.6 Å². The van der Waals surface area contributed by atoms with Crippen molar-refractivity contribution in [3.8, 4) is 0 Å². The van der Waals surface area contributed by atoms with E-state index in [1.54, 1.807) is 23.9 Å². The number of carbonyl (C=O) groups excluding carboxylic acids is 1. The van der Waals surface area contributed by atoms with Gasteiger partial charge in [0, 0.05) is 26.4 Å². The molecule has 25 heavy (non-hydrogen) atoms. The van der Waals surface area contributed by atoms with Crippen LogP contribution in [0.15, 0.2) is 29.2 Å². The van der Waals surface area contributed by atoms with Gasteiger partial charge in [-0.3, -0.25) is 14.0 Å². The number of rotatable bonds is 3. The fraction of sp³-hybridized carbons (Fsp3) is 0.389. The number of hydrogen-bond acceptors (Lipinski definition) is 4. The molecule has 0 bridgehead atoms. The lowest BCUT2D eigenvalue weighted by Crippen LogP contribution is -2.32. The van der Waals surface area contributed by atoms with Gasteiger partial charge in [0.1, 0.15) is 17.0 Å². The number of aryl methyl sites for hydroxylation is 2. The van der Waals surface area contributed by atoms with Crippen molar-refractivity contribution in [3.63, 3.8) is 0 Å². The Hall–Kier alpha value is -2.67. The van der Waals surface area contributed by atoms with E-state index in [1.807, 2.05) is 19.1 Å².